The fraction of sp³-hybridized carbons (Fsp3) is 0.429. The molecule has 1 aromatic heterocycles. The molecule has 21 heavy (non-hydrogen) atoms. The van der Waals surface area contributed by atoms with Gasteiger partial charge in [0.25, 0.3) is 0 Å². The van der Waals surface area contributed by atoms with Gasteiger partial charge in [-0.1, -0.05) is 15.9 Å². The van der Waals surface area contributed by atoms with E-state index in [1.54, 1.807) is 12.1 Å². The summed E-state index contributed by atoms with van der Waals surface area (Å²) in [5.41, 5.74) is 6.16. The average Bonchev–Trinajstić information content (AvgIpc) is 2.99. The minimum absolute atomic E-state index is 0.320. The lowest BCUT2D eigenvalue weighted by Gasteiger charge is -2.31. The second kappa shape index (κ2) is 6.11. The van der Waals surface area contributed by atoms with Gasteiger partial charge in [-0.25, -0.2) is 4.39 Å². The molecule has 0 aliphatic carbocycles. The summed E-state index contributed by atoms with van der Waals surface area (Å²) in [7, 11) is 0. The molecule has 1 saturated heterocycles. The first kappa shape index (κ1) is 14.5. The van der Waals surface area contributed by atoms with Crippen LogP contribution in [0, 0.1) is 11.7 Å². The topological polar surface area (TPSA) is 70.8 Å². The van der Waals surface area contributed by atoms with E-state index in [0.29, 0.717) is 29.8 Å². The van der Waals surface area contributed by atoms with Gasteiger partial charge in [0, 0.05) is 17.6 Å². The minimum Gasteiger partial charge on any atom is -0.339 e. The molecule has 112 valence electrons. The van der Waals surface area contributed by atoms with Crippen LogP contribution in [0.1, 0.15) is 12.8 Å². The number of benzene rings is 1. The van der Waals surface area contributed by atoms with Gasteiger partial charge in [-0.05, 0) is 43.5 Å². The minimum atomic E-state index is -0.320. The lowest BCUT2D eigenvalue weighted by molar-refractivity contribution is 0.420. The Bertz CT molecular complexity index is 630. The van der Waals surface area contributed by atoms with E-state index >= 15 is 0 Å². The lowest BCUT2D eigenvalue weighted by Crippen LogP contribution is -2.38. The van der Waals surface area contributed by atoms with Crippen molar-refractivity contribution >= 4 is 21.9 Å². The molecular formula is C14H17BrFN5. The van der Waals surface area contributed by atoms with E-state index in [0.717, 1.165) is 30.4 Å². The molecule has 5 nitrogen and oxygen atoms in total. The highest BCUT2D eigenvalue weighted by atomic mass is 79.9. The van der Waals surface area contributed by atoms with Gasteiger partial charge in [0.05, 0.1) is 5.56 Å². The summed E-state index contributed by atoms with van der Waals surface area (Å²) in [6.45, 7) is 2.44. The summed E-state index contributed by atoms with van der Waals surface area (Å²) in [4.78, 5) is 6.54. The van der Waals surface area contributed by atoms with Crippen molar-refractivity contribution in [3.8, 4) is 11.4 Å². The summed E-state index contributed by atoms with van der Waals surface area (Å²) in [6, 6.07) is 4.76. The predicted octanol–water partition coefficient (Wildman–Crippen LogP) is 2.55. The Kier molecular flexibility index (Phi) is 4.21. The number of aromatic amines is 1. The predicted molar refractivity (Wildman–Crippen MR) is 83.5 cm³/mol. The molecule has 1 fully saturated rings. The van der Waals surface area contributed by atoms with Crippen LogP contribution >= 0.6 is 15.9 Å². The number of piperidine rings is 1. The van der Waals surface area contributed by atoms with Crippen molar-refractivity contribution in [1.29, 1.82) is 0 Å². The van der Waals surface area contributed by atoms with Crippen molar-refractivity contribution in [3.63, 3.8) is 0 Å². The lowest BCUT2D eigenvalue weighted by atomic mass is 9.99. The second-order valence-electron chi connectivity index (χ2n) is 5.30. The fourth-order valence-corrected chi connectivity index (χ4v) is 2.99. The van der Waals surface area contributed by atoms with Crippen molar-refractivity contribution < 1.29 is 4.39 Å². The van der Waals surface area contributed by atoms with Crippen LogP contribution in [0.15, 0.2) is 22.7 Å². The van der Waals surface area contributed by atoms with Gasteiger partial charge in [0.1, 0.15) is 5.82 Å². The Morgan fingerprint density at radius 2 is 2.33 bits per heavy atom. The van der Waals surface area contributed by atoms with Gasteiger partial charge in [0.15, 0.2) is 5.82 Å². The van der Waals surface area contributed by atoms with E-state index in [9.17, 15) is 4.39 Å². The smallest absolute Gasteiger partial charge is 0.245 e. The van der Waals surface area contributed by atoms with E-state index < -0.39 is 0 Å². The molecule has 0 bridgehead atoms. The Morgan fingerprint density at radius 3 is 3.14 bits per heavy atom. The maximum atomic E-state index is 13.9. The number of nitrogens with one attached hydrogen (secondary N) is 1. The molecule has 1 atom stereocenters. The Hall–Kier alpha value is -1.47. The Labute approximate surface area is 130 Å². The zero-order valence-electron chi connectivity index (χ0n) is 11.5. The zero-order chi connectivity index (χ0) is 14.8. The van der Waals surface area contributed by atoms with Crippen molar-refractivity contribution in [2.24, 2.45) is 11.7 Å². The molecule has 3 N–H and O–H groups in total. The second-order valence-corrected chi connectivity index (χ2v) is 6.21. The molecule has 7 heteroatoms. The molecule has 0 saturated carbocycles. The number of hydrogen-bond acceptors (Lipinski definition) is 4. The number of aromatic nitrogens is 3. The van der Waals surface area contributed by atoms with Crippen LogP contribution in [0.3, 0.4) is 0 Å². The molecule has 1 aliphatic rings. The summed E-state index contributed by atoms with van der Waals surface area (Å²) in [5.74, 6) is 1.21. The van der Waals surface area contributed by atoms with Crippen LogP contribution in [0.4, 0.5) is 10.3 Å². The van der Waals surface area contributed by atoms with E-state index in [2.05, 4.69) is 36.0 Å². The SMILES string of the molecule is NCC1CCCN(c2n[nH]c(-c3cc(Br)ccc3F)n2)C1. The first-order chi connectivity index (χ1) is 10.2. The van der Waals surface area contributed by atoms with Crippen molar-refractivity contribution in [2.75, 3.05) is 24.5 Å². The van der Waals surface area contributed by atoms with Gasteiger partial charge in [-0.2, -0.15) is 4.98 Å². The molecule has 2 aromatic rings. The maximum Gasteiger partial charge on any atom is 0.245 e. The monoisotopic (exact) mass is 353 g/mol. The summed E-state index contributed by atoms with van der Waals surface area (Å²) >= 11 is 3.34. The van der Waals surface area contributed by atoms with Crippen LogP contribution in [0.5, 0.6) is 0 Å². The highest BCUT2D eigenvalue weighted by molar-refractivity contribution is 9.10. The standard InChI is InChI=1S/C14H17BrFN5/c15-10-3-4-12(16)11(6-10)13-18-14(20-19-13)21-5-1-2-9(7-17)8-21/h3-4,6,9H,1-2,5,7-8,17H2,(H,18,19,20). The van der Waals surface area contributed by atoms with E-state index in [4.69, 9.17) is 5.73 Å². The van der Waals surface area contributed by atoms with Gasteiger partial charge in [0.2, 0.25) is 5.95 Å². The van der Waals surface area contributed by atoms with E-state index in [1.807, 2.05) is 0 Å². The first-order valence-corrected chi connectivity index (χ1v) is 7.79. The molecule has 3 rings (SSSR count). The highest BCUT2D eigenvalue weighted by Crippen LogP contribution is 2.26. The molecule has 1 unspecified atom stereocenters. The van der Waals surface area contributed by atoms with Gasteiger partial charge >= 0.3 is 0 Å². The van der Waals surface area contributed by atoms with Crippen LogP contribution in [0.25, 0.3) is 11.4 Å². The van der Waals surface area contributed by atoms with Crippen molar-refractivity contribution in [1.82, 2.24) is 15.2 Å². The average molecular weight is 354 g/mol. The van der Waals surface area contributed by atoms with Crippen LogP contribution in [-0.4, -0.2) is 34.8 Å². The third-order valence-corrected chi connectivity index (χ3v) is 4.29. The largest absolute Gasteiger partial charge is 0.339 e. The molecule has 0 amide bonds. The Morgan fingerprint density at radius 1 is 1.48 bits per heavy atom. The quantitative estimate of drug-likeness (QED) is 0.889. The van der Waals surface area contributed by atoms with Crippen molar-refractivity contribution in [2.45, 2.75) is 12.8 Å². The number of nitrogens with two attached hydrogens (primary N) is 1. The van der Waals surface area contributed by atoms with Crippen molar-refractivity contribution in [3.05, 3.63) is 28.5 Å². The number of rotatable bonds is 3. The number of halogens is 2. The summed E-state index contributed by atoms with van der Waals surface area (Å²) in [5, 5.41) is 7.05. The highest BCUT2D eigenvalue weighted by Gasteiger charge is 2.22. The van der Waals surface area contributed by atoms with Gasteiger partial charge in [-0.15, -0.1) is 5.10 Å². The number of hydrogen-bond donors (Lipinski definition) is 2. The normalized spacial score (nSPS) is 19.0. The number of H-pyrrole nitrogens is 1. The molecule has 0 radical (unpaired) electrons. The number of nitrogens with zero attached hydrogens (tertiary/aromatic N) is 3. The third-order valence-electron chi connectivity index (χ3n) is 3.79. The fourth-order valence-electron chi connectivity index (χ4n) is 2.63. The molecule has 1 aromatic carbocycles. The van der Waals surface area contributed by atoms with E-state index in [-0.39, 0.29) is 5.82 Å². The maximum absolute atomic E-state index is 13.9. The molecule has 2 heterocycles. The molecule has 1 aliphatic heterocycles. The summed E-state index contributed by atoms with van der Waals surface area (Å²) in [6.07, 6.45) is 2.22. The van der Waals surface area contributed by atoms with Gasteiger partial charge in [-0.3, -0.25) is 5.10 Å². The molecule has 0 spiro atoms. The Balaban J connectivity index is 1.84. The van der Waals surface area contributed by atoms with Gasteiger partial charge < -0.3 is 10.6 Å². The number of anilines is 1. The van der Waals surface area contributed by atoms with Crippen LogP contribution in [0.2, 0.25) is 0 Å². The van der Waals surface area contributed by atoms with Crippen LogP contribution < -0.4 is 10.6 Å². The van der Waals surface area contributed by atoms with Crippen LogP contribution in [-0.2, 0) is 0 Å². The molecular weight excluding hydrogens is 337 g/mol. The first-order valence-electron chi connectivity index (χ1n) is 7.00. The summed E-state index contributed by atoms with van der Waals surface area (Å²) < 4.78 is 14.7. The third kappa shape index (κ3) is 3.08. The van der Waals surface area contributed by atoms with E-state index in [1.165, 1.54) is 6.07 Å². The zero-order valence-corrected chi connectivity index (χ0v) is 13.1.